The van der Waals surface area contributed by atoms with Crippen molar-refractivity contribution < 1.29 is 4.42 Å². The van der Waals surface area contributed by atoms with Crippen LogP contribution in [0.1, 0.15) is 0 Å². The second-order valence-electron chi connectivity index (χ2n) is 3.86. The summed E-state index contributed by atoms with van der Waals surface area (Å²) in [7, 11) is 1.94. The van der Waals surface area contributed by atoms with Gasteiger partial charge in [-0.25, -0.2) is 0 Å². The lowest BCUT2D eigenvalue weighted by molar-refractivity contribution is 0.603. The van der Waals surface area contributed by atoms with Crippen LogP contribution >= 0.6 is 0 Å². The molecule has 1 aromatic heterocycles. The van der Waals surface area contributed by atoms with Crippen molar-refractivity contribution in [1.29, 1.82) is 0 Å². The van der Waals surface area contributed by atoms with Gasteiger partial charge in [0.25, 0.3) is 0 Å². The molecule has 1 heterocycles. The second-order valence-corrected chi connectivity index (χ2v) is 3.86. The van der Waals surface area contributed by atoms with Crippen molar-refractivity contribution in [2.75, 3.05) is 11.9 Å². The molecule has 2 aromatic carbocycles. The van der Waals surface area contributed by atoms with E-state index in [9.17, 15) is 0 Å². The van der Waals surface area contributed by atoms with Crippen molar-refractivity contribution in [2.45, 2.75) is 0 Å². The van der Waals surface area contributed by atoms with E-state index in [1.807, 2.05) is 66.5 Å². The Kier molecular flexibility index (Phi) is 2.29. The molecular weight excluding hydrogens is 212 g/mol. The lowest BCUT2D eigenvalue weighted by Crippen LogP contribution is -2.09. The summed E-state index contributed by atoms with van der Waals surface area (Å²) in [6, 6.07) is 18.4. The first-order chi connectivity index (χ1) is 8.34. The van der Waals surface area contributed by atoms with Gasteiger partial charge in [0, 0.05) is 12.7 Å². The van der Waals surface area contributed by atoms with Crippen LogP contribution in [0.2, 0.25) is 0 Å². The van der Waals surface area contributed by atoms with Gasteiger partial charge in [-0.2, -0.15) is 4.98 Å². The molecule has 3 rings (SSSR count). The van der Waals surface area contributed by atoms with Crippen LogP contribution in [0.4, 0.5) is 11.7 Å². The Hall–Kier alpha value is -2.29. The van der Waals surface area contributed by atoms with Crippen molar-refractivity contribution in [3.63, 3.8) is 0 Å². The molecule has 0 aliphatic rings. The van der Waals surface area contributed by atoms with Crippen molar-refractivity contribution in [3.05, 3.63) is 54.6 Å². The molecule has 0 radical (unpaired) electrons. The molecule has 0 N–H and O–H groups in total. The van der Waals surface area contributed by atoms with E-state index >= 15 is 0 Å². The minimum absolute atomic E-state index is 0.609. The number of fused-ring (bicyclic) bond motifs is 1. The number of oxazole rings is 1. The predicted octanol–water partition coefficient (Wildman–Crippen LogP) is 3.60. The highest BCUT2D eigenvalue weighted by molar-refractivity contribution is 5.75. The predicted molar refractivity (Wildman–Crippen MR) is 68.5 cm³/mol. The lowest BCUT2D eigenvalue weighted by atomic mass is 10.3. The fourth-order valence-corrected chi connectivity index (χ4v) is 1.77. The molecule has 84 valence electrons. The van der Waals surface area contributed by atoms with Crippen LogP contribution < -0.4 is 4.90 Å². The average molecular weight is 224 g/mol. The fraction of sp³-hybridized carbons (Fsp3) is 0.0714. The van der Waals surface area contributed by atoms with Crippen LogP contribution in [0.15, 0.2) is 59.0 Å². The summed E-state index contributed by atoms with van der Waals surface area (Å²) >= 11 is 0. The maximum Gasteiger partial charge on any atom is 0.302 e. The van der Waals surface area contributed by atoms with E-state index in [1.165, 1.54) is 0 Å². The number of hydrogen-bond donors (Lipinski definition) is 0. The smallest absolute Gasteiger partial charge is 0.302 e. The number of benzene rings is 2. The minimum atomic E-state index is 0.609. The van der Waals surface area contributed by atoms with Crippen LogP contribution in [-0.4, -0.2) is 12.0 Å². The molecule has 0 bridgehead atoms. The van der Waals surface area contributed by atoms with E-state index in [0.717, 1.165) is 16.8 Å². The molecule has 3 aromatic rings. The molecule has 0 unspecified atom stereocenters. The molecular formula is C14H12N2O. The normalized spacial score (nSPS) is 10.6. The standard InChI is InChI=1S/C14H12N2O/c1-16(11-7-3-2-4-8-11)14-15-12-9-5-6-10-13(12)17-14/h2-10H,1H3. The van der Waals surface area contributed by atoms with Gasteiger partial charge < -0.3 is 4.42 Å². The molecule has 0 aliphatic heterocycles. The average Bonchev–Trinajstić information content (AvgIpc) is 2.82. The van der Waals surface area contributed by atoms with Gasteiger partial charge in [0.05, 0.1) is 0 Å². The van der Waals surface area contributed by atoms with Crippen molar-refractivity contribution in [1.82, 2.24) is 4.98 Å². The fourth-order valence-electron chi connectivity index (χ4n) is 1.77. The van der Waals surface area contributed by atoms with Gasteiger partial charge in [-0.05, 0) is 24.3 Å². The zero-order chi connectivity index (χ0) is 11.7. The molecule has 17 heavy (non-hydrogen) atoms. The highest BCUT2D eigenvalue weighted by atomic mass is 16.4. The molecule has 0 atom stereocenters. The SMILES string of the molecule is CN(c1ccccc1)c1nc2ccccc2o1. The largest absolute Gasteiger partial charge is 0.423 e. The van der Waals surface area contributed by atoms with E-state index in [-0.39, 0.29) is 0 Å². The van der Waals surface area contributed by atoms with E-state index in [1.54, 1.807) is 0 Å². The van der Waals surface area contributed by atoms with Crippen LogP contribution in [0.25, 0.3) is 11.1 Å². The maximum absolute atomic E-state index is 5.70. The first-order valence-electron chi connectivity index (χ1n) is 5.49. The van der Waals surface area contributed by atoms with Gasteiger partial charge >= 0.3 is 6.01 Å². The molecule has 0 aliphatic carbocycles. The zero-order valence-electron chi connectivity index (χ0n) is 9.50. The van der Waals surface area contributed by atoms with Gasteiger partial charge in [-0.1, -0.05) is 30.3 Å². The topological polar surface area (TPSA) is 29.3 Å². The summed E-state index contributed by atoms with van der Waals surface area (Å²) in [5.41, 5.74) is 2.75. The van der Waals surface area contributed by atoms with Crippen molar-refractivity contribution >= 4 is 22.8 Å². The first-order valence-corrected chi connectivity index (χ1v) is 5.49. The Morgan fingerprint density at radius 1 is 0.941 bits per heavy atom. The van der Waals surface area contributed by atoms with E-state index in [0.29, 0.717) is 6.01 Å². The summed E-state index contributed by atoms with van der Waals surface area (Å²) in [6.45, 7) is 0. The number of nitrogens with zero attached hydrogens (tertiary/aromatic N) is 2. The summed E-state index contributed by atoms with van der Waals surface area (Å²) < 4.78 is 5.70. The highest BCUT2D eigenvalue weighted by Gasteiger charge is 2.10. The summed E-state index contributed by atoms with van der Waals surface area (Å²) in [5, 5.41) is 0. The van der Waals surface area contributed by atoms with Gasteiger partial charge in [0.1, 0.15) is 5.52 Å². The zero-order valence-corrected chi connectivity index (χ0v) is 9.50. The van der Waals surface area contributed by atoms with Crippen molar-refractivity contribution in [3.8, 4) is 0 Å². The van der Waals surface area contributed by atoms with Crippen LogP contribution in [0.5, 0.6) is 0 Å². The molecule has 0 spiro atoms. The van der Waals surface area contributed by atoms with Gasteiger partial charge in [0.2, 0.25) is 0 Å². The van der Waals surface area contributed by atoms with Crippen LogP contribution in [0.3, 0.4) is 0 Å². The highest BCUT2D eigenvalue weighted by Crippen LogP contribution is 2.26. The quantitative estimate of drug-likeness (QED) is 0.666. The Morgan fingerprint density at radius 3 is 2.41 bits per heavy atom. The number of rotatable bonds is 2. The molecule has 0 saturated heterocycles. The lowest BCUT2D eigenvalue weighted by Gasteiger charge is -2.13. The summed E-state index contributed by atoms with van der Waals surface area (Å²) in [6.07, 6.45) is 0. The van der Waals surface area contributed by atoms with Gasteiger partial charge in [0.15, 0.2) is 5.58 Å². The Balaban J connectivity index is 2.04. The third kappa shape index (κ3) is 1.76. The summed E-state index contributed by atoms with van der Waals surface area (Å²) in [4.78, 5) is 6.38. The van der Waals surface area contributed by atoms with Crippen LogP contribution in [0, 0.1) is 0 Å². The molecule has 0 fully saturated rings. The summed E-state index contributed by atoms with van der Waals surface area (Å²) in [5.74, 6) is 0. The molecule has 3 heteroatoms. The van der Waals surface area contributed by atoms with Crippen LogP contribution in [-0.2, 0) is 0 Å². The first kappa shape index (κ1) is 9.90. The maximum atomic E-state index is 5.70. The molecule has 0 saturated carbocycles. The molecule has 3 nitrogen and oxygen atoms in total. The number of hydrogen-bond acceptors (Lipinski definition) is 3. The second kappa shape index (κ2) is 3.94. The monoisotopic (exact) mass is 224 g/mol. The third-order valence-corrected chi connectivity index (χ3v) is 2.71. The Morgan fingerprint density at radius 2 is 1.65 bits per heavy atom. The van der Waals surface area contributed by atoms with Gasteiger partial charge in [-0.3, -0.25) is 4.90 Å². The number of aromatic nitrogens is 1. The Bertz CT molecular complexity index is 598. The molecule has 0 amide bonds. The van der Waals surface area contributed by atoms with E-state index in [4.69, 9.17) is 4.42 Å². The Labute approximate surface area is 99.3 Å². The number of anilines is 2. The number of para-hydroxylation sites is 3. The minimum Gasteiger partial charge on any atom is -0.423 e. The van der Waals surface area contributed by atoms with Crippen molar-refractivity contribution in [2.24, 2.45) is 0 Å². The van der Waals surface area contributed by atoms with E-state index < -0.39 is 0 Å². The van der Waals surface area contributed by atoms with E-state index in [2.05, 4.69) is 4.98 Å². The third-order valence-electron chi connectivity index (χ3n) is 2.71. The van der Waals surface area contributed by atoms with Gasteiger partial charge in [-0.15, -0.1) is 0 Å².